The minimum atomic E-state index is -3.49. The van der Waals surface area contributed by atoms with E-state index in [9.17, 15) is 8.42 Å². The van der Waals surface area contributed by atoms with E-state index < -0.39 is 10.0 Å². The Labute approximate surface area is 118 Å². The number of aryl methyl sites for hydroxylation is 1. The van der Waals surface area contributed by atoms with Crippen LogP contribution in [-0.4, -0.2) is 31.8 Å². The molecule has 0 saturated carbocycles. The van der Waals surface area contributed by atoms with Crippen LogP contribution in [-0.2, 0) is 16.6 Å². The van der Waals surface area contributed by atoms with E-state index in [1.807, 2.05) is 0 Å². The summed E-state index contributed by atoms with van der Waals surface area (Å²) in [6.45, 7) is 2.13. The van der Waals surface area contributed by atoms with E-state index in [2.05, 4.69) is 10.3 Å². The molecule has 1 N–H and O–H groups in total. The molecule has 0 fully saturated rings. The predicted octanol–water partition coefficient (Wildman–Crippen LogP) is 1.85. The van der Waals surface area contributed by atoms with Gasteiger partial charge in [0.05, 0.1) is 18.4 Å². The Bertz CT molecular complexity index is 692. The number of hydrogen-bond donors (Lipinski definition) is 1. The molecule has 2 rings (SSSR count). The second-order valence-electron chi connectivity index (χ2n) is 4.50. The van der Waals surface area contributed by atoms with Gasteiger partial charge in [-0.15, -0.1) is 0 Å². The molecule has 0 spiro atoms. The highest BCUT2D eigenvalue weighted by molar-refractivity contribution is 7.89. The highest BCUT2D eigenvalue weighted by Crippen LogP contribution is 2.23. The van der Waals surface area contributed by atoms with Crippen molar-refractivity contribution < 1.29 is 12.8 Å². The number of anilines is 1. The maximum Gasteiger partial charge on any atom is 0.244 e. The molecule has 7 heteroatoms. The summed E-state index contributed by atoms with van der Waals surface area (Å²) in [5.41, 5.74) is 0.525. The molecule has 1 aromatic heterocycles. The number of aromatic nitrogens is 1. The molecule has 0 bridgehead atoms. The smallest absolute Gasteiger partial charge is 0.244 e. The Morgan fingerprint density at radius 2 is 2.00 bits per heavy atom. The van der Waals surface area contributed by atoms with Gasteiger partial charge < -0.3 is 9.73 Å². The standard InChI is InChI=1S/C13H17N3O3S/c1-10-8-15-13(19-10)9-14-11-6-4-5-7-12(11)20(17,18)16(2)3/h4-8,14H,9H2,1-3H3. The molecule has 0 unspecified atom stereocenters. The molecule has 6 nitrogen and oxygen atoms in total. The molecule has 1 aromatic carbocycles. The van der Waals surface area contributed by atoms with Crippen LogP contribution in [0.1, 0.15) is 11.7 Å². The van der Waals surface area contributed by atoms with Crippen molar-refractivity contribution in [2.45, 2.75) is 18.4 Å². The summed E-state index contributed by atoms with van der Waals surface area (Å²) in [4.78, 5) is 4.30. The second kappa shape index (κ2) is 5.64. The maximum absolute atomic E-state index is 12.2. The normalized spacial score (nSPS) is 11.8. The van der Waals surface area contributed by atoms with E-state index in [4.69, 9.17) is 4.42 Å². The van der Waals surface area contributed by atoms with Crippen molar-refractivity contribution in [3.63, 3.8) is 0 Å². The van der Waals surface area contributed by atoms with Gasteiger partial charge in [-0.3, -0.25) is 0 Å². The molecule has 0 aliphatic heterocycles. The number of nitrogens with one attached hydrogen (secondary N) is 1. The first-order chi connectivity index (χ1) is 9.41. The number of rotatable bonds is 5. The summed E-state index contributed by atoms with van der Waals surface area (Å²) in [7, 11) is -0.480. The fourth-order valence-corrected chi connectivity index (χ4v) is 2.75. The first-order valence-corrected chi connectivity index (χ1v) is 7.52. The SMILES string of the molecule is Cc1cnc(CNc2ccccc2S(=O)(=O)N(C)C)o1. The molecule has 0 amide bonds. The molecule has 0 aliphatic rings. The average Bonchev–Trinajstić information content (AvgIpc) is 2.82. The zero-order valence-electron chi connectivity index (χ0n) is 11.6. The van der Waals surface area contributed by atoms with Crippen molar-refractivity contribution in [3.05, 3.63) is 42.1 Å². The van der Waals surface area contributed by atoms with Gasteiger partial charge in [0.25, 0.3) is 0 Å². The van der Waals surface area contributed by atoms with Crippen molar-refractivity contribution >= 4 is 15.7 Å². The monoisotopic (exact) mass is 295 g/mol. The van der Waals surface area contributed by atoms with E-state index >= 15 is 0 Å². The lowest BCUT2D eigenvalue weighted by atomic mass is 10.3. The van der Waals surface area contributed by atoms with Crippen LogP contribution in [0.3, 0.4) is 0 Å². The lowest BCUT2D eigenvalue weighted by Crippen LogP contribution is -2.23. The van der Waals surface area contributed by atoms with Crippen LogP contribution in [0.15, 0.2) is 39.8 Å². The van der Waals surface area contributed by atoms with E-state index in [-0.39, 0.29) is 4.90 Å². The van der Waals surface area contributed by atoms with Gasteiger partial charge in [0.2, 0.25) is 15.9 Å². The molecule has 108 valence electrons. The number of benzene rings is 1. The van der Waals surface area contributed by atoms with Crippen molar-refractivity contribution in [1.82, 2.24) is 9.29 Å². The molecule has 20 heavy (non-hydrogen) atoms. The fraction of sp³-hybridized carbons (Fsp3) is 0.308. The molecule has 1 heterocycles. The third-order valence-electron chi connectivity index (χ3n) is 2.74. The number of nitrogens with zero attached hydrogens (tertiary/aromatic N) is 2. The van der Waals surface area contributed by atoms with Crippen LogP contribution < -0.4 is 5.32 Å². The Morgan fingerprint density at radius 3 is 2.60 bits per heavy atom. The van der Waals surface area contributed by atoms with Gasteiger partial charge >= 0.3 is 0 Å². The topological polar surface area (TPSA) is 75.4 Å². The summed E-state index contributed by atoms with van der Waals surface area (Å²) >= 11 is 0. The highest BCUT2D eigenvalue weighted by Gasteiger charge is 2.20. The van der Waals surface area contributed by atoms with Gasteiger partial charge in [0, 0.05) is 14.1 Å². The molecular weight excluding hydrogens is 278 g/mol. The van der Waals surface area contributed by atoms with Gasteiger partial charge in [-0.1, -0.05) is 12.1 Å². The van der Waals surface area contributed by atoms with Crippen molar-refractivity contribution in [2.24, 2.45) is 0 Å². The first kappa shape index (κ1) is 14.5. The van der Waals surface area contributed by atoms with Gasteiger partial charge in [0.15, 0.2) is 0 Å². The Morgan fingerprint density at radius 1 is 1.30 bits per heavy atom. The molecule has 0 radical (unpaired) electrons. The summed E-state index contributed by atoms with van der Waals surface area (Å²) < 4.78 is 31.0. The van der Waals surface area contributed by atoms with Crippen LogP contribution in [0.5, 0.6) is 0 Å². The lowest BCUT2D eigenvalue weighted by Gasteiger charge is -2.15. The minimum absolute atomic E-state index is 0.230. The number of para-hydroxylation sites is 1. The molecular formula is C13H17N3O3S. The molecule has 0 saturated heterocycles. The Balaban J connectivity index is 2.25. The molecule has 2 aromatic rings. The maximum atomic E-state index is 12.2. The van der Waals surface area contributed by atoms with Crippen molar-refractivity contribution in [3.8, 4) is 0 Å². The van der Waals surface area contributed by atoms with Crippen molar-refractivity contribution in [1.29, 1.82) is 0 Å². The van der Waals surface area contributed by atoms with E-state index in [1.165, 1.54) is 18.4 Å². The fourth-order valence-electron chi connectivity index (χ4n) is 1.69. The van der Waals surface area contributed by atoms with E-state index in [0.29, 0.717) is 18.1 Å². The number of oxazole rings is 1. The Kier molecular flexibility index (Phi) is 4.10. The average molecular weight is 295 g/mol. The summed E-state index contributed by atoms with van der Waals surface area (Å²) in [5, 5.41) is 3.04. The largest absolute Gasteiger partial charge is 0.444 e. The summed E-state index contributed by atoms with van der Waals surface area (Å²) in [5.74, 6) is 1.23. The Hall–Kier alpha value is -1.86. The predicted molar refractivity (Wildman–Crippen MR) is 75.9 cm³/mol. The summed E-state index contributed by atoms with van der Waals surface area (Å²) in [6.07, 6.45) is 1.62. The van der Waals surface area contributed by atoms with Gasteiger partial charge in [-0.05, 0) is 19.1 Å². The third-order valence-corrected chi connectivity index (χ3v) is 4.62. The third kappa shape index (κ3) is 3.00. The van der Waals surface area contributed by atoms with Gasteiger partial charge in [0.1, 0.15) is 10.7 Å². The van der Waals surface area contributed by atoms with Crippen LogP contribution in [0.4, 0.5) is 5.69 Å². The van der Waals surface area contributed by atoms with Crippen molar-refractivity contribution in [2.75, 3.05) is 19.4 Å². The first-order valence-electron chi connectivity index (χ1n) is 6.08. The van der Waals surface area contributed by atoms with E-state index in [0.717, 1.165) is 5.76 Å². The quantitative estimate of drug-likeness (QED) is 0.911. The van der Waals surface area contributed by atoms with Crippen LogP contribution in [0.25, 0.3) is 0 Å². The number of sulfonamides is 1. The second-order valence-corrected chi connectivity index (χ2v) is 6.62. The zero-order valence-corrected chi connectivity index (χ0v) is 12.4. The molecule has 0 atom stereocenters. The highest BCUT2D eigenvalue weighted by atomic mass is 32.2. The van der Waals surface area contributed by atoms with Crippen LogP contribution in [0, 0.1) is 6.92 Å². The van der Waals surface area contributed by atoms with E-state index in [1.54, 1.807) is 37.4 Å². The minimum Gasteiger partial charge on any atom is -0.444 e. The van der Waals surface area contributed by atoms with Crippen LogP contribution in [0.2, 0.25) is 0 Å². The van der Waals surface area contributed by atoms with Crippen LogP contribution >= 0.6 is 0 Å². The van der Waals surface area contributed by atoms with Gasteiger partial charge in [-0.2, -0.15) is 0 Å². The zero-order chi connectivity index (χ0) is 14.8. The summed E-state index contributed by atoms with van der Waals surface area (Å²) in [6, 6.07) is 6.75. The van der Waals surface area contributed by atoms with Gasteiger partial charge in [-0.25, -0.2) is 17.7 Å². The molecule has 0 aliphatic carbocycles. The number of hydrogen-bond acceptors (Lipinski definition) is 5. The lowest BCUT2D eigenvalue weighted by molar-refractivity contribution is 0.478.